The van der Waals surface area contributed by atoms with Crippen LogP contribution in [0.3, 0.4) is 0 Å². The second kappa shape index (κ2) is 6.61. The van der Waals surface area contributed by atoms with E-state index in [-0.39, 0.29) is 12.5 Å². The number of rotatable bonds is 6. The Morgan fingerprint density at radius 3 is 2.40 bits per heavy atom. The molecule has 0 fully saturated rings. The van der Waals surface area contributed by atoms with Crippen LogP contribution in [0.5, 0.6) is 17.2 Å². The van der Waals surface area contributed by atoms with Crippen LogP contribution in [0.15, 0.2) is 54.6 Å². The summed E-state index contributed by atoms with van der Waals surface area (Å²) in [6.07, 6.45) is -0.427. The van der Waals surface area contributed by atoms with E-state index in [2.05, 4.69) is 0 Å². The summed E-state index contributed by atoms with van der Waals surface area (Å²) in [5.74, 6) is 1.10. The van der Waals surface area contributed by atoms with E-state index >= 15 is 0 Å². The van der Waals surface area contributed by atoms with Gasteiger partial charge in [0.05, 0.1) is 6.42 Å². The number of carboxylic acids is 1. The average Bonchev–Trinajstić information content (AvgIpc) is 2.39. The smallest absolute Gasteiger partial charge is 0.307 e. The summed E-state index contributed by atoms with van der Waals surface area (Å²) in [5.41, 5.74) is 0. The first kappa shape index (κ1) is 13.9. The molecular weight excluding hydrogens is 256 g/mol. The van der Waals surface area contributed by atoms with Crippen molar-refractivity contribution < 1.29 is 19.4 Å². The summed E-state index contributed by atoms with van der Waals surface area (Å²) in [4.78, 5) is 10.6. The number of hydrogen-bond acceptors (Lipinski definition) is 3. The number of carboxylic acid groups (broad SMARTS) is 1. The first-order valence-corrected chi connectivity index (χ1v) is 6.35. The molecule has 0 radical (unpaired) electrons. The van der Waals surface area contributed by atoms with E-state index in [1.54, 1.807) is 25.1 Å². The molecule has 0 bridgehead atoms. The van der Waals surface area contributed by atoms with Crippen LogP contribution in [0.25, 0.3) is 0 Å². The third-order valence-corrected chi connectivity index (χ3v) is 2.58. The Balaban J connectivity index is 2.02. The molecule has 1 atom stereocenters. The highest BCUT2D eigenvalue weighted by molar-refractivity contribution is 5.67. The zero-order valence-electron chi connectivity index (χ0n) is 11.2. The van der Waals surface area contributed by atoms with Crippen LogP contribution < -0.4 is 9.47 Å². The molecule has 0 aromatic heterocycles. The van der Waals surface area contributed by atoms with Gasteiger partial charge in [-0.3, -0.25) is 4.79 Å². The van der Waals surface area contributed by atoms with Gasteiger partial charge in [-0.15, -0.1) is 0 Å². The first-order valence-electron chi connectivity index (χ1n) is 6.35. The molecule has 2 rings (SSSR count). The Bertz CT molecular complexity index is 566. The van der Waals surface area contributed by atoms with Gasteiger partial charge in [0.25, 0.3) is 0 Å². The van der Waals surface area contributed by atoms with Gasteiger partial charge in [-0.1, -0.05) is 24.3 Å². The van der Waals surface area contributed by atoms with Crippen LogP contribution >= 0.6 is 0 Å². The molecule has 0 saturated heterocycles. The Kier molecular flexibility index (Phi) is 4.60. The van der Waals surface area contributed by atoms with Gasteiger partial charge >= 0.3 is 5.97 Å². The lowest BCUT2D eigenvalue weighted by Gasteiger charge is -2.13. The number of aliphatic carboxylic acids is 1. The lowest BCUT2D eigenvalue weighted by molar-refractivity contribution is -0.138. The average molecular weight is 272 g/mol. The number of hydrogen-bond donors (Lipinski definition) is 1. The van der Waals surface area contributed by atoms with Crippen LogP contribution in [0.1, 0.15) is 13.3 Å². The van der Waals surface area contributed by atoms with Crippen molar-refractivity contribution in [2.45, 2.75) is 19.4 Å². The van der Waals surface area contributed by atoms with Crippen molar-refractivity contribution in [3.8, 4) is 17.2 Å². The summed E-state index contributed by atoms with van der Waals surface area (Å²) in [7, 11) is 0. The SMILES string of the molecule is C[C@@H](CC(=O)O)Oc1cccc(Oc2ccccc2)c1. The maximum atomic E-state index is 10.6. The molecule has 20 heavy (non-hydrogen) atoms. The highest BCUT2D eigenvalue weighted by atomic mass is 16.5. The zero-order chi connectivity index (χ0) is 14.4. The van der Waals surface area contributed by atoms with E-state index in [9.17, 15) is 4.79 Å². The van der Waals surface area contributed by atoms with Crippen LogP contribution in [-0.4, -0.2) is 17.2 Å². The lowest BCUT2D eigenvalue weighted by atomic mass is 10.2. The molecule has 0 aliphatic carbocycles. The maximum absolute atomic E-state index is 10.6. The minimum atomic E-state index is -0.880. The van der Waals surface area contributed by atoms with Gasteiger partial charge in [-0.05, 0) is 31.2 Å². The fourth-order valence-electron chi connectivity index (χ4n) is 1.76. The summed E-state index contributed by atoms with van der Waals surface area (Å²) < 4.78 is 11.2. The Morgan fingerprint density at radius 1 is 1.05 bits per heavy atom. The molecule has 2 aromatic rings. The van der Waals surface area contributed by atoms with E-state index in [1.807, 2.05) is 36.4 Å². The van der Waals surface area contributed by atoms with Crippen molar-refractivity contribution >= 4 is 5.97 Å². The summed E-state index contributed by atoms with van der Waals surface area (Å²) in [5, 5.41) is 8.71. The van der Waals surface area contributed by atoms with Crippen molar-refractivity contribution in [1.29, 1.82) is 0 Å². The molecule has 0 spiro atoms. The second-order valence-corrected chi connectivity index (χ2v) is 4.42. The number of para-hydroxylation sites is 1. The monoisotopic (exact) mass is 272 g/mol. The van der Waals surface area contributed by atoms with E-state index in [1.165, 1.54) is 0 Å². The molecule has 0 saturated carbocycles. The molecule has 4 heteroatoms. The predicted molar refractivity (Wildman–Crippen MR) is 75.3 cm³/mol. The summed E-state index contributed by atoms with van der Waals surface area (Å²) in [6.45, 7) is 1.72. The summed E-state index contributed by atoms with van der Waals surface area (Å²) in [6, 6.07) is 16.6. The van der Waals surface area contributed by atoms with Crippen LogP contribution in [0.2, 0.25) is 0 Å². The molecule has 0 aliphatic rings. The predicted octanol–water partition coefficient (Wildman–Crippen LogP) is 3.72. The molecule has 0 amide bonds. The quantitative estimate of drug-likeness (QED) is 0.870. The first-order chi connectivity index (χ1) is 9.63. The third-order valence-electron chi connectivity index (χ3n) is 2.58. The fourth-order valence-corrected chi connectivity index (χ4v) is 1.76. The maximum Gasteiger partial charge on any atom is 0.307 e. The fraction of sp³-hybridized carbons (Fsp3) is 0.188. The minimum Gasteiger partial charge on any atom is -0.490 e. The van der Waals surface area contributed by atoms with Gasteiger partial charge in [-0.2, -0.15) is 0 Å². The number of benzene rings is 2. The largest absolute Gasteiger partial charge is 0.490 e. The van der Waals surface area contributed by atoms with Gasteiger partial charge in [0.1, 0.15) is 23.4 Å². The van der Waals surface area contributed by atoms with E-state index in [0.29, 0.717) is 11.5 Å². The number of carbonyl (C=O) groups is 1. The van der Waals surface area contributed by atoms with Gasteiger partial charge in [-0.25, -0.2) is 0 Å². The topological polar surface area (TPSA) is 55.8 Å². The number of ether oxygens (including phenoxy) is 2. The van der Waals surface area contributed by atoms with E-state index in [0.717, 1.165) is 5.75 Å². The van der Waals surface area contributed by atoms with Gasteiger partial charge in [0.2, 0.25) is 0 Å². The lowest BCUT2D eigenvalue weighted by Crippen LogP contribution is -2.16. The summed E-state index contributed by atoms with van der Waals surface area (Å²) >= 11 is 0. The van der Waals surface area contributed by atoms with Crippen LogP contribution in [-0.2, 0) is 4.79 Å². The Morgan fingerprint density at radius 2 is 1.70 bits per heavy atom. The molecular formula is C16H16O4. The van der Waals surface area contributed by atoms with Crippen LogP contribution in [0.4, 0.5) is 0 Å². The van der Waals surface area contributed by atoms with Crippen molar-refractivity contribution in [2.75, 3.05) is 0 Å². The standard InChI is InChI=1S/C16H16O4/c1-12(10-16(17)18)19-14-8-5-9-15(11-14)20-13-6-3-2-4-7-13/h2-9,11-12H,10H2,1H3,(H,17,18)/t12-/m0/s1. The molecule has 0 heterocycles. The third kappa shape index (κ3) is 4.31. The molecule has 0 aliphatic heterocycles. The normalized spacial score (nSPS) is 11.7. The van der Waals surface area contributed by atoms with E-state index in [4.69, 9.17) is 14.6 Å². The van der Waals surface area contributed by atoms with Crippen molar-refractivity contribution in [1.82, 2.24) is 0 Å². The van der Waals surface area contributed by atoms with Crippen molar-refractivity contribution in [3.63, 3.8) is 0 Å². The highest BCUT2D eigenvalue weighted by Crippen LogP contribution is 2.25. The Labute approximate surface area is 117 Å². The highest BCUT2D eigenvalue weighted by Gasteiger charge is 2.09. The van der Waals surface area contributed by atoms with Crippen molar-refractivity contribution in [2.24, 2.45) is 0 Å². The molecule has 104 valence electrons. The molecule has 1 N–H and O–H groups in total. The zero-order valence-corrected chi connectivity index (χ0v) is 11.2. The van der Waals surface area contributed by atoms with E-state index < -0.39 is 5.97 Å². The second-order valence-electron chi connectivity index (χ2n) is 4.42. The Hall–Kier alpha value is -2.49. The van der Waals surface area contributed by atoms with Gasteiger partial charge in [0.15, 0.2) is 0 Å². The molecule has 4 nitrogen and oxygen atoms in total. The minimum absolute atomic E-state index is 0.0379. The van der Waals surface area contributed by atoms with Gasteiger partial charge < -0.3 is 14.6 Å². The van der Waals surface area contributed by atoms with Crippen molar-refractivity contribution in [3.05, 3.63) is 54.6 Å². The van der Waals surface area contributed by atoms with Gasteiger partial charge in [0, 0.05) is 6.07 Å². The molecule has 2 aromatic carbocycles. The molecule has 0 unspecified atom stereocenters. The van der Waals surface area contributed by atoms with Crippen LogP contribution in [0, 0.1) is 0 Å².